The van der Waals surface area contributed by atoms with E-state index in [9.17, 15) is 9.59 Å². The molecule has 0 bridgehead atoms. The molecule has 1 saturated heterocycles. The Labute approximate surface area is 166 Å². The van der Waals surface area contributed by atoms with Crippen LogP contribution in [0.1, 0.15) is 37.7 Å². The zero-order chi connectivity index (χ0) is 19.9. The van der Waals surface area contributed by atoms with Crippen LogP contribution < -0.4 is 20.1 Å². The number of hydrogen-bond acceptors (Lipinski definition) is 5. The standard InChI is InChI=1S/C21H31N3O4/c1-27-18-8-7-15(13-19(18)28-2)9-10-22-20(25)14-17-21(26)23-11-12-24(17)16-5-3-4-6-16/h7-8,13,16-17H,3-6,9-12,14H2,1-2H3,(H,22,25)(H,23,26)/t17-/m0/s1. The number of nitrogens with zero attached hydrogens (tertiary/aromatic N) is 1. The summed E-state index contributed by atoms with van der Waals surface area (Å²) in [5, 5.41) is 5.87. The van der Waals surface area contributed by atoms with Crippen molar-refractivity contribution in [1.82, 2.24) is 15.5 Å². The van der Waals surface area contributed by atoms with Crippen LogP contribution in [0.25, 0.3) is 0 Å². The van der Waals surface area contributed by atoms with Crippen LogP contribution in [-0.2, 0) is 16.0 Å². The summed E-state index contributed by atoms with van der Waals surface area (Å²) >= 11 is 0. The van der Waals surface area contributed by atoms with Gasteiger partial charge in [0.2, 0.25) is 11.8 Å². The number of amides is 2. The van der Waals surface area contributed by atoms with E-state index in [0.29, 0.717) is 37.1 Å². The molecule has 0 aromatic heterocycles. The molecule has 0 unspecified atom stereocenters. The lowest BCUT2D eigenvalue weighted by molar-refractivity contribution is -0.135. The molecule has 2 fully saturated rings. The van der Waals surface area contributed by atoms with Gasteiger partial charge in [-0.15, -0.1) is 0 Å². The monoisotopic (exact) mass is 389 g/mol. The molecule has 28 heavy (non-hydrogen) atoms. The Hall–Kier alpha value is -2.28. The summed E-state index contributed by atoms with van der Waals surface area (Å²) in [7, 11) is 3.21. The molecule has 1 saturated carbocycles. The summed E-state index contributed by atoms with van der Waals surface area (Å²) in [5.74, 6) is 1.27. The van der Waals surface area contributed by atoms with Crippen LogP contribution in [0.3, 0.4) is 0 Å². The van der Waals surface area contributed by atoms with Crippen LogP contribution in [-0.4, -0.2) is 62.7 Å². The summed E-state index contributed by atoms with van der Waals surface area (Å²) < 4.78 is 10.6. The highest BCUT2D eigenvalue weighted by atomic mass is 16.5. The first-order valence-corrected chi connectivity index (χ1v) is 10.1. The maximum absolute atomic E-state index is 12.5. The van der Waals surface area contributed by atoms with Gasteiger partial charge >= 0.3 is 0 Å². The zero-order valence-corrected chi connectivity index (χ0v) is 16.8. The Morgan fingerprint density at radius 2 is 1.96 bits per heavy atom. The SMILES string of the molecule is COc1ccc(CCNC(=O)C[C@H]2C(=O)NCCN2C2CCCC2)cc1OC. The molecule has 1 aromatic rings. The second-order valence-electron chi connectivity index (χ2n) is 7.48. The van der Waals surface area contributed by atoms with Gasteiger partial charge in [-0.1, -0.05) is 18.9 Å². The van der Waals surface area contributed by atoms with E-state index < -0.39 is 0 Å². The highest BCUT2D eigenvalue weighted by Gasteiger charge is 2.36. The predicted molar refractivity (Wildman–Crippen MR) is 107 cm³/mol. The van der Waals surface area contributed by atoms with Crippen LogP contribution in [0.15, 0.2) is 18.2 Å². The number of nitrogens with one attached hydrogen (secondary N) is 2. The fourth-order valence-electron chi connectivity index (χ4n) is 4.25. The minimum absolute atomic E-state index is 0.0202. The quantitative estimate of drug-likeness (QED) is 0.704. The molecule has 2 aliphatic rings. The van der Waals surface area contributed by atoms with Crippen molar-refractivity contribution in [3.8, 4) is 11.5 Å². The molecular formula is C21H31N3O4. The Morgan fingerprint density at radius 3 is 2.68 bits per heavy atom. The lowest BCUT2D eigenvalue weighted by Crippen LogP contribution is -2.59. The van der Waals surface area contributed by atoms with Crippen LogP contribution in [0.2, 0.25) is 0 Å². The summed E-state index contributed by atoms with van der Waals surface area (Å²) in [6.45, 7) is 2.03. The van der Waals surface area contributed by atoms with Crippen LogP contribution >= 0.6 is 0 Å². The van der Waals surface area contributed by atoms with Crippen molar-refractivity contribution in [3.05, 3.63) is 23.8 Å². The average Bonchev–Trinajstić information content (AvgIpc) is 3.24. The highest BCUT2D eigenvalue weighted by Crippen LogP contribution is 2.28. The molecule has 1 aliphatic heterocycles. The van der Waals surface area contributed by atoms with Crippen molar-refractivity contribution >= 4 is 11.8 Å². The molecule has 154 valence electrons. The van der Waals surface area contributed by atoms with E-state index in [1.54, 1.807) is 14.2 Å². The minimum atomic E-state index is -0.349. The molecule has 1 aromatic carbocycles. The molecule has 7 heteroatoms. The van der Waals surface area contributed by atoms with Gasteiger partial charge in [-0.2, -0.15) is 0 Å². The molecule has 7 nitrogen and oxygen atoms in total. The van der Waals surface area contributed by atoms with Gasteiger partial charge in [0.25, 0.3) is 0 Å². The maximum Gasteiger partial charge on any atom is 0.237 e. The first-order chi connectivity index (χ1) is 13.6. The van der Waals surface area contributed by atoms with Crippen molar-refractivity contribution in [2.75, 3.05) is 33.9 Å². The number of carbonyl (C=O) groups is 2. The van der Waals surface area contributed by atoms with Gasteiger partial charge in [-0.25, -0.2) is 0 Å². The molecule has 1 aliphatic carbocycles. The third kappa shape index (κ3) is 4.95. The number of carbonyl (C=O) groups excluding carboxylic acids is 2. The third-order valence-corrected chi connectivity index (χ3v) is 5.73. The number of benzene rings is 1. The van der Waals surface area contributed by atoms with Crippen molar-refractivity contribution in [3.63, 3.8) is 0 Å². The average molecular weight is 389 g/mol. The topological polar surface area (TPSA) is 79.9 Å². The van der Waals surface area contributed by atoms with Gasteiger partial charge < -0.3 is 20.1 Å². The smallest absolute Gasteiger partial charge is 0.237 e. The summed E-state index contributed by atoms with van der Waals surface area (Å²) in [5.41, 5.74) is 1.06. The Bertz CT molecular complexity index is 688. The number of methoxy groups -OCH3 is 2. The summed E-state index contributed by atoms with van der Waals surface area (Å²) in [4.78, 5) is 27.1. The molecule has 1 heterocycles. The Kier molecular flexibility index (Phi) is 7.14. The molecule has 0 spiro atoms. The van der Waals surface area contributed by atoms with Gasteiger partial charge in [-0.05, 0) is 37.0 Å². The van der Waals surface area contributed by atoms with Crippen LogP contribution in [0.5, 0.6) is 11.5 Å². The van der Waals surface area contributed by atoms with Gasteiger partial charge in [-0.3, -0.25) is 14.5 Å². The first kappa shape index (κ1) is 20.5. The van der Waals surface area contributed by atoms with E-state index in [1.807, 2.05) is 18.2 Å². The van der Waals surface area contributed by atoms with E-state index >= 15 is 0 Å². The van der Waals surface area contributed by atoms with E-state index in [4.69, 9.17) is 9.47 Å². The normalized spacial score (nSPS) is 20.6. The Morgan fingerprint density at radius 1 is 1.21 bits per heavy atom. The van der Waals surface area contributed by atoms with E-state index in [0.717, 1.165) is 24.9 Å². The second kappa shape index (κ2) is 9.78. The zero-order valence-electron chi connectivity index (χ0n) is 16.8. The fourth-order valence-corrected chi connectivity index (χ4v) is 4.25. The maximum atomic E-state index is 12.5. The largest absolute Gasteiger partial charge is 0.493 e. The fraction of sp³-hybridized carbons (Fsp3) is 0.619. The van der Waals surface area contributed by atoms with Crippen LogP contribution in [0.4, 0.5) is 0 Å². The van der Waals surface area contributed by atoms with E-state index in [1.165, 1.54) is 12.8 Å². The van der Waals surface area contributed by atoms with Gasteiger partial charge in [0.05, 0.1) is 26.7 Å². The number of rotatable bonds is 8. The van der Waals surface area contributed by atoms with E-state index in [-0.39, 0.29) is 24.3 Å². The van der Waals surface area contributed by atoms with Crippen molar-refractivity contribution in [2.45, 2.75) is 50.6 Å². The molecule has 2 N–H and O–H groups in total. The van der Waals surface area contributed by atoms with Crippen molar-refractivity contribution in [2.24, 2.45) is 0 Å². The third-order valence-electron chi connectivity index (χ3n) is 5.73. The van der Waals surface area contributed by atoms with Gasteiger partial charge in [0, 0.05) is 25.7 Å². The lowest BCUT2D eigenvalue weighted by Gasteiger charge is -2.38. The molecule has 0 radical (unpaired) electrons. The predicted octanol–water partition coefficient (Wildman–Crippen LogP) is 1.50. The van der Waals surface area contributed by atoms with Crippen LogP contribution in [0, 0.1) is 0 Å². The summed E-state index contributed by atoms with van der Waals surface area (Å²) in [6, 6.07) is 5.83. The lowest BCUT2D eigenvalue weighted by atomic mass is 10.0. The Balaban J connectivity index is 1.51. The van der Waals surface area contributed by atoms with Gasteiger partial charge in [0.15, 0.2) is 11.5 Å². The second-order valence-corrected chi connectivity index (χ2v) is 7.48. The number of ether oxygens (including phenoxy) is 2. The molecule has 1 atom stereocenters. The minimum Gasteiger partial charge on any atom is -0.493 e. The number of hydrogen-bond donors (Lipinski definition) is 2. The van der Waals surface area contributed by atoms with E-state index in [2.05, 4.69) is 15.5 Å². The molecular weight excluding hydrogens is 358 g/mol. The van der Waals surface area contributed by atoms with Gasteiger partial charge in [0.1, 0.15) is 0 Å². The van der Waals surface area contributed by atoms with Crippen molar-refractivity contribution in [1.29, 1.82) is 0 Å². The number of piperazine rings is 1. The molecule has 3 rings (SSSR count). The van der Waals surface area contributed by atoms with Crippen molar-refractivity contribution < 1.29 is 19.1 Å². The molecule has 2 amide bonds. The first-order valence-electron chi connectivity index (χ1n) is 10.1. The summed E-state index contributed by atoms with van der Waals surface area (Å²) in [6.07, 6.45) is 5.60. The highest BCUT2D eigenvalue weighted by molar-refractivity contribution is 5.88.